The number of nitrogens with one attached hydrogen (secondary N) is 2. The summed E-state index contributed by atoms with van der Waals surface area (Å²) < 4.78 is 1.78. The summed E-state index contributed by atoms with van der Waals surface area (Å²) in [6.07, 6.45) is 7.00. The van der Waals surface area contributed by atoms with Gasteiger partial charge < -0.3 is 10.6 Å². The maximum Gasteiger partial charge on any atom is 0.273 e. The van der Waals surface area contributed by atoms with Crippen LogP contribution in [0, 0.1) is 0 Å². The summed E-state index contributed by atoms with van der Waals surface area (Å²) in [5.41, 5.74) is 0.343. The number of pyridine rings is 1. The first-order valence-electron chi connectivity index (χ1n) is 9.57. The van der Waals surface area contributed by atoms with Crippen molar-refractivity contribution in [2.75, 3.05) is 5.75 Å². The van der Waals surface area contributed by atoms with Crippen LogP contribution in [0.1, 0.15) is 56.1 Å². The van der Waals surface area contributed by atoms with E-state index >= 15 is 0 Å². The van der Waals surface area contributed by atoms with Gasteiger partial charge in [0.2, 0.25) is 5.91 Å². The number of thioether (sulfide) groups is 1. The molecule has 0 atom stereocenters. The third-order valence-electron chi connectivity index (χ3n) is 4.59. The van der Waals surface area contributed by atoms with Gasteiger partial charge in [-0.25, -0.2) is 9.67 Å². The molecule has 28 heavy (non-hydrogen) atoms. The van der Waals surface area contributed by atoms with E-state index in [2.05, 4.69) is 25.9 Å². The molecule has 2 amide bonds. The first-order valence-corrected chi connectivity index (χ1v) is 10.6. The highest BCUT2D eigenvalue weighted by Gasteiger charge is 2.25. The number of aromatic nitrogens is 4. The van der Waals surface area contributed by atoms with Crippen molar-refractivity contribution in [3.05, 3.63) is 36.3 Å². The van der Waals surface area contributed by atoms with Crippen LogP contribution in [-0.4, -0.2) is 49.6 Å². The van der Waals surface area contributed by atoms with Crippen LogP contribution in [-0.2, 0) is 4.79 Å². The minimum absolute atomic E-state index is 0.0347. The molecule has 0 unspecified atom stereocenters. The Bertz CT molecular complexity index is 787. The molecule has 0 spiro atoms. The lowest BCUT2D eigenvalue weighted by atomic mass is 9.91. The molecule has 0 radical (unpaired) electrons. The summed E-state index contributed by atoms with van der Waals surface area (Å²) in [4.78, 5) is 28.4. The number of hydrogen-bond acceptors (Lipinski definition) is 6. The van der Waals surface area contributed by atoms with E-state index in [4.69, 9.17) is 0 Å². The summed E-state index contributed by atoms with van der Waals surface area (Å²) in [6, 6.07) is 6.13. The Kier molecular flexibility index (Phi) is 7.02. The minimum atomic E-state index is -0.201. The Morgan fingerprint density at radius 3 is 2.71 bits per heavy atom. The van der Waals surface area contributed by atoms with Crippen molar-refractivity contribution in [1.82, 2.24) is 30.6 Å². The van der Waals surface area contributed by atoms with Gasteiger partial charge in [-0.05, 0) is 51.7 Å². The average molecular weight is 403 g/mol. The smallest absolute Gasteiger partial charge is 0.273 e. The van der Waals surface area contributed by atoms with E-state index in [1.54, 1.807) is 17.1 Å². The number of carbonyl (C=O) groups excluding carboxylic acids is 2. The fraction of sp³-hybridized carbons (Fsp3) is 0.526. The number of carbonyl (C=O) groups is 2. The molecule has 0 bridgehead atoms. The molecule has 2 aromatic heterocycles. The maximum absolute atomic E-state index is 12.2. The summed E-state index contributed by atoms with van der Waals surface area (Å²) in [5, 5.41) is 14.9. The lowest BCUT2D eigenvalue weighted by molar-refractivity contribution is -0.119. The molecule has 0 aliphatic heterocycles. The second-order valence-electron chi connectivity index (χ2n) is 7.24. The normalized spacial score (nSPS) is 19.4. The molecule has 2 heterocycles. The fourth-order valence-corrected chi connectivity index (χ4v) is 3.89. The van der Waals surface area contributed by atoms with E-state index in [0.29, 0.717) is 11.4 Å². The quantitative estimate of drug-likeness (QED) is 0.689. The highest BCUT2D eigenvalue weighted by atomic mass is 32.2. The van der Waals surface area contributed by atoms with E-state index in [-0.39, 0.29) is 29.9 Å². The molecular weight excluding hydrogens is 376 g/mol. The van der Waals surface area contributed by atoms with Crippen molar-refractivity contribution in [3.63, 3.8) is 0 Å². The second kappa shape index (κ2) is 9.68. The largest absolute Gasteiger partial charge is 0.353 e. The first kappa shape index (κ1) is 20.3. The van der Waals surface area contributed by atoms with Gasteiger partial charge in [0.15, 0.2) is 5.69 Å². The third-order valence-corrected chi connectivity index (χ3v) is 5.53. The fourth-order valence-electron chi connectivity index (χ4n) is 3.22. The molecule has 1 fully saturated rings. The van der Waals surface area contributed by atoms with Crippen LogP contribution in [0.25, 0.3) is 0 Å². The average Bonchev–Trinajstić information content (AvgIpc) is 3.18. The van der Waals surface area contributed by atoms with Gasteiger partial charge in [-0.3, -0.25) is 9.59 Å². The summed E-state index contributed by atoms with van der Waals surface area (Å²) in [5.74, 6) is 0.203. The van der Waals surface area contributed by atoms with Crippen LogP contribution in [0.15, 0.2) is 35.6 Å². The van der Waals surface area contributed by atoms with Crippen molar-refractivity contribution < 1.29 is 9.59 Å². The number of rotatable bonds is 7. The molecule has 1 aliphatic rings. The van der Waals surface area contributed by atoms with Crippen molar-refractivity contribution >= 4 is 23.6 Å². The standard InChI is InChI=1S/C19H26N6O2S/c1-13(2)21-19(27)16-11-25(24-23-16)15-8-6-14(7-9-15)22-17(26)12-28-18-5-3-4-10-20-18/h3-5,10-11,13-15H,6-9,12H2,1-2H3,(H,21,27)(H,22,26). The van der Waals surface area contributed by atoms with Gasteiger partial charge in [-0.2, -0.15) is 0 Å². The van der Waals surface area contributed by atoms with Crippen molar-refractivity contribution in [2.24, 2.45) is 0 Å². The topological polar surface area (TPSA) is 102 Å². The molecule has 9 heteroatoms. The zero-order valence-electron chi connectivity index (χ0n) is 16.2. The zero-order chi connectivity index (χ0) is 19.9. The number of amides is 2. The SMILES string of the molecule is CC(C)NC(=O)c1cn(C2CCC(NC(=O)CSc3ccccn3)CC2)nn1. The highest BCUT2D eigenvalue weighted by Crippen LogP contribution is 2.28. The van der Waals surface area contributed by atoms with Gasteiger partial charge in [0.1, 0.15) is 0 Å². The van der Waals surface area contributed by atoms with Crippen molar-refractivity contribution in [2.45, 2.75) is 62.7 Å². The maximum atomic E-state index is 12.2. The van der Waals surface area contributed by atoms with Gasteiger partial charge in [0, 0.05) is 18.3 Å². The van der Waals surface area contributed by atoms with Gasteiger partial charge in [0.05, 0.1) is 23.0 Å². The van der Waals surface area contributed by atoms with E-state index in [1.165, 1.54) is 11.8 Å². The Balaban J connectivity index is 1.42. The predicted octanol–water partition coefficient (Wildman–Crippen LogP) is 2.20. The van der Waals surface area contributed by atoms with E-state index in [9.17, 15) is 9.59 Å². The van der Waals surface area contributed by atoms with Gasteiger partial charge >= 0.3 is 0 Å². The summed E-state index contributed by atoms with van der Waals surface area (Å²) in [6.45, 7) is 3.82. The monoisotopic (exact) mass is 402 g/mol. The van der Waals surface area contributed by atoms with Gasteiger partial charge in [-0.1, -0.05) is 23.0 Å². The molecular formula is C19H26N6O2S. The van der Waals surface area contributed by atoms with E-state index < -0.39 is 0 Å². The van der Waals surface area contributed by atoms with Crippen LogP contribution in [0.4, 0.5) is 0 Å². The van der Waals surface area contributed by atoms with Crippen LogP contribution in [0.5, 0.6) is 0 Å². The van der Waals surface area contributed by atoms with Crippen molar-refractivity contribution in [3.8, 4) is 0 Å². The minimum Gasteiger partial charge on any atom is -0.353 e. The lowest BCUT2D eigenvalue weighted by Gasteiger charge is -2.28. The molecule has 8 nitrogen and oxygen atoms in total. The van der Waals surface area contributed by atoms with Crippen LogP contribution in [0.2, 0.25) is 0 Å². The summed E-state index contributed by atoms with van der Waals surface area (Å²) in [7, 11) is 0. The Hall–Kier alpha value is -2.42. The molecule has 3 rings (SSSR count). The first-order chi connectivity index (χ1) is 13.5. The third kappa shape index (κ3) is 5.79. The molecule has 0 aromatic carbocycles. The Morgan fingerprint density at radius 2 is 2.04 bits per heavy atom. The molecule has 1 saturated carbocycles. The molecule has 0 saturated heterocycles. The number of nitrogens with zero attached hydrogens (tertiary/aromatic N) is 4. The van der Waals surface area contributed by atoms with Crippen LogP contribution >= 0.6 is 11.8 Å². The van der Waals surface area contributed by atoms with Gasteiger partial charge in [-0.15, -0.1) is 5.10 Å². The molecule has 2 N–H and O–H groups in total. The van der Waals surface area contributed by atoms with E-state index in [0.717, 1.165) is 30.7 Å². The Morgan fingerprint density at radius 1 is 1.25 bits per heavy atom. The molecule has 1 aliphatic carbocycles. The predicted molar refractivity (Wildman–Crippen MR) is 107 cm³/mol. The van der Waals surface area contributed by atoms with Crippen LogP contribution in [0.3, 0.4) is 0 Å². The van der Waals surface area contributed by atoms with E-state index in [1.807, 2.05) is 32.0 Å². The molecule has 150 valence electrons. The molecule has 2 aromatic rings. The van der Waals surface area contributed by atoms with Crippen molar-refractivity contribution in [1.29, 1.82) is 0 Å². The second-order valence-corrected chi connectivity index (χ2v) is 8.24. The highest BCUT2D eigenvalue weighted by molar-refractivity contribution is 7.99. The number of hydrogen-bond donors (Lipinski definition) is 2. The van der Waals surface area contributed by atoms with Gasteiger partial charge in [0.25, 0.3) is 5.91 Å². The summed E-state index contributed by atoms with van der Waals surface area (Å²) >= 11 is 1.44. The lowest BCUT2D eigenvalue weighted by Crippen LogP contribution is -2.39. The zero-order valence-corrected chi connectivity index (χ0v) is 17.0. The Labute approximate surface area is 168 Å². The van der Waals surface area contributed by atoms with Crippen LogP contribution < -0.4 is 10.6 Å².